The maximum absolute atomic E-state index is 10.9. The predicted octanol–water partition coefficient (Wildman–Crippen LogP) is 3.02. The Morgan fingerprint density at radius 2 is 1.80 bits per heavy atom. The van der Waals surface area contributed by atoms with Crippen molar-refractivity contribution in [2.75, 3.05) is 19.6 Å². The van der Waals surface area contributed by atoms with Gasteiger partial charge in [-0.15, -0.1) is 0 Å². The fourth-order valence-electron chi connectivity index (χ4n) is 2.65. The van der Waals surface area contributed by atoms with Gasteiger partial charge in [0.1, 0.15) is 0 Å². The maximum Gasteiger partial charge on any atom is 0.153 e. The summed E-state index contributed by atoms with van der Waals surface area (Å²) in [4.78, 5) is 2.38. The minimum atomic E-state index is -1.04. The van der Waals surface area contributed by atoms with Crippen LogP contribution in [0.5, 0.6) is 0 Å². The third kappa shape index (κ3) is 3.62. The van der Waals surface area contributed by atoms with Crippen LogP contribution in [0, 0.1) is 17.8 Å². The number of rotatable bonds is 3. The van der Waals surface area contributed by atoms with Gasteiger partial charge in [-0.3, -0.25) is 4.90 Å². The van der Waals surface area contributed by atoms with Crippen molar-refractivity contribution >= 4 is 0 Å². The predicted molar refractivity (Wildman–Crippen MR) is 83.2 cm³/mol. The molecule has 108 valence electrons. The van der Waals surface area contributed by atoms with Gasteiger partial charge in [0.2, 0.25) is 0 Å². The van der Waals surface area contributed by atoms with Crippen LogP contribution < -0.4 is 0 Å². The second-order valence-electron chi connectivity index (χ2n) is 5.93. The fraction of sp³-hybridized carbons (Fsp3) is 0.556. The third-order valence-electron chi connectivity index (χ3n) is 4.08. The zero-order valence-electron chi connectivity index (χ0n) is 12.6. The minimum absolute atomic E-state index is 0.0683. The van der Waals surface area contributed by atoms with Crippen LogP contribution in [0.3, 0.4) is 0 Å². The van der Waals surface area contributed by atoms with Crippen LogP contribution in [0.15, 0.2) is 30.3 Å². The smallest absolute Gasteiger partial charge is 0.153 e. The van der Waals surface area contributed by atoms with Crippen LogP contribution in [0.25, 0.3) is 0 Å². The molecule has 1 heterocycles. The monoisotopic (exact) mass is 271 g/mol. The molecule has 20 heavy (non-hydrogen) atoms. The number of piperidine rings is 1. The molecule has 1 atom stereocenters. The van der Waals surface area contributed by atoms with Gasteiger partial charge < -0.3 is 5.11 Å². The Kier molecular flexibility index (Phi) is 5.23. The second-order valence-corrected chi connectivity index (χ2v) is 5.93. The summed E-state index contributed by atoms with van der Waals surface area (Å²) in [6.07, 6.45) is 3.88. The molecule has 1 N–H and O–H groups in total. The number of hydrogen-bond acceptors (Lipinski definition) is 2. The Balaban J connectivity index is 2.10. The van der Waals surface area contributed by atoms with Gasteiger partial charge in [0.25, 0.3) is 0 Å². The van der Waals surface area contributed by atoms with Gasteiger partial charge in [-0.1, -0.05) is 62.4 Å². The molecule has 0 aliphatic carbocycles. The lowest BCUT2D eigenvalue weighted by atomic mass is 9.84. The van der Waals surface area contributed by atoms with Crippen molar-refractivity contribution in [3.8, 4) is 11.8 Å². The van der Waals surface area contributed by atoms with Crippen LogP contribution >= 0.6 is 0 Å². The maximum atomic E-state index is 10.9. The van der Waals surface area contributed by atoms with Crippen molar-refractivity contribution in [1.29, 1.82) is 0 Å². The van der Waals surface area contributed by atoms with Crippen LogP contribution in [0.1, 0.15) is 38.7 Å². The average Bonchev–Trinajstić information content (AvgIpc) is 2.49. The lowest BCUT2D eigenvalue weighted by Crippen LogP contribution is -2.32. The molecule has 0 saturated carbocycles. The summed E-state index contributed by atoms with van der Waals surface area (Å²) in [5.74, 6) is 6.39. The van der Waals surface area contributed by atoms with E-state index in [4.69, 9.17) is 0 Å². The molecule has 1 aromatic carbocycles. The molecule has 2 rings (SSSR count). The van der Waals surface area contributed by atoms with Gasteiger partial charge in [0, 0.05) is 0 Å². The van der Waals surface area contributed by atoms with Gasteiger partial charge in [0.15, 0.2) is 5.60 Å². The molecule has 1 aliphatic rings. The first-order chi connectivity index (χ1) is 9.63. The highest BCUT2D eigenvalue weighted by molar-refractivity contribution is 5.32. The van der Waals surface area contributed by atoms with Crippen molar-refractivity contribution in [1.82, 2.24) is 4.90 Å². The van der Waals surface area contributed by atoms with Crippen LogP contribution in [-0.2, 0) is 5.60 Å². The van der Waals surface area contributed by atoms with Gasteiger partial charge in [-0.2, -0.15) is 0 Å². The zero-order chi connectivity index (χ0) is 14.4. The number of benzene rings is 1. The van der Waals surface area contributed by atoms with E-state index in [2.05, 4.69) is 16.7 Å². The van der Waals surface area contributed by atoms with E-state index in [0.29, 0.717) is 0 Å². The van der Waals surface area contributed by atoms with Crippen LogP contribution in [0.2, 0.25) is 0 Å². The highest BCUT2D eigenvalue weighted by atomic mass is 16.3. The molecule has 1 aromatic rings. The lowest BCUT2D eigenvalue weighted by molar-refractivity contribution is 0.0501. The van der Waals surface area contributed by atoms with E-state index >= 15 is 0 Å². The molecule has 0 unspecified atom stereocenters. The summed E-state index contributed by atoms with van der Waals surface area (Å²) < 4.78 is 0. The molecular formula is C18H25NO. The van der Waals surface area contributed by atoms with Gasteiger partial charge in [0.05, 0.1) is 6.54 Å². The van der Waals surface area contributed by atoms with Crippen molar-refractivity contribution in [3.05, 3.63) is 35.9 Å². The molecule has 0 radical (unpaired) electrons. The first-order valence-electron chi connectivity index (χ1n) is 7.63. The van der Waals surface area contributed by atoms with E-state index in [1.165, 1.54) is 19.3 Å². The molecule has 1 saturated heterocycles. The van der Waals surface area contributed by atoms with E-state index in [0.717, 1.165) is 25.2 Å². The molecule has 1 aliphatic heterocycles. The standard InChI is InChI=1S/C18H25NO/c1-16(2)18(20,17-10-5-3-6-11-17)12-9-15-19-13-7-4-8-14-19/h3,5-6,10-11,16,20H,4,7-8,13-15H2,1-2H3/t18-/m0/s1. The van der Waals surface area contributed by atoms with Gasteiger partial charge >= 0.3 is 0 Å². The lowest BCUT2D eigenvalue weighted by Gasteiger charge is -2.28. The molecular weight excluding hydrogens is 246 g/mol. The van der Waals surface area contributed by atoms with Crippen molar-refractivity contribution in [3.63, 3.8) is 0 Å². The second kappa shape index (κ2) is 6.92. The Labute approximate surface area is 122 Å². The number of aliphatic hydroxyl groups is 1. The number of likely N-dealkylation sites (tertiary alicyclic amines) is 1. The van der Waals surface area contributed by atoms with E-state index < -0.39 is 5.60 Å². The molecule has 1 fully saturated rings. The topological polar surface area (TPSA) is 23.5 Å². The summed E-state index contributed by atoms with van der Waals surface area (Å²) >= 11 is 0. The summed E-state index contributed by atoms with van der Waals surface area (Å²) in [5.41, 5.74) is -0.155. The summed E-state index contributed by atoms with van der Waals surface area (Å²) in [6, 6.07) is 9.78. The highest BCUT2D eigenvalue weighted by Gasteiger charge is 2.30. The average molecular weight is 271 g/mol. The SMILES string of the molecule is CC(C)[C@@](O)(C#CCN1CCCCC1)c1ccccc1. The van der Waals surface area contributed by atoms with E-state index in [9.17, 15) is 5.11 Å². The molecule has 0 amide bonds. The Morgan fingerprint density at radius 3 is 2.40 bits per heavy atom. The summed E-state index contributed by atoms with van der Waals surface area (Å²) in [5, 5.41) is 10.9. The molecule has 2 heteroatoms. The first-order valence-corrected chi connectivity index (χ1v) is 7.63. The highest BCUT2D eigenvalue weighted by Crippen LogP contribution is 2.28. The first kappa shape index (κ1) is 15.1. The zero-order valence-corrected chi connectivity index (χ0v) is 12.6. The van der Waals surface area contributed by atoms with E-state index in [1.807, 2.05) is 44.2 Å². The Hall–Kier alpha value is -1.30. The van der Waals surface area contributed by atoms with Crippen LogP contribution in [0.4, 0.5) is 0 Å². The third-order valence-corrected chi connectivity index (χ3v) is 4.08. The molecule has 2 nitrogen and oxygen atoms in total. The molecule has 0 aromatic heterocycles. The van der Waals surface area contributed by atoms with Gasteiger partial charge in [-0.25, -0.2) is 0 Å². The van der Waals surface area contributed by atoms with Gasteiger partial charge in [-0.05, 0) is 37.4 Å². The number of nitrogens with zero attached hydrogens (tertiary/aromatic N) is 1. The fourth-order valence-corrected chi connectivity index (χ4v) is 2.65. The normalized spacial score (nSPS) is 19.2. The van der Waals surface area contributed by atoms with Crippen molar-refractivity contribution in [2.45, 2.75) is 38.7 Å². The number of hydrogen-bond donors (Lipinski definition) is 1. The van der Waals surface area contributed by atoms with E-state index in [-0.39, 0.29) is 5.92 Å². The van der Waals surface area contributed by atoms with Crippen molar-refractivity contribution < 1.29 is 5.11 Å². The Bertz CT molecular complexity index is 465. The van der Waals surface area contributed by atoms with E-state index in [1.54, 1.807) is 0 Å². The largest absolute Gasteiger partial charge is 0.373 e. The molecule has 0 spiro atoms. The molecule has 0 bridgehead atoms. The Morgan fingerprint density at radius 1 is 1.15 bits per heavy atom. The van der Waals surface area contributed by atoms with Crippen molar-refractivity contribution in [2.24, 2.45) is 5.92 Å². The summed E-state index contributed by atoms with van der Waals surface area (Å²) in [6.45, 7) is 7.08. The van der Waals surface area contributed by atoms with Crippen LogP contribution in [-0.4, -0.2) is 29.6 Å². The summed E-state index contributed by atoms with van der Waals surface area (Å²) in [7, 11) is 0. The quantitative estimate of drug-likeness (QED) is 0.854. The minimum Gasteiger partial charge on any atom is -0.373 e.